The lowest BCUT2D eigenvalue weighted by Crippen LogP contribution is -2.17. The van der Waals surface area contributed by atoms with E-state index in [-0.39, 0.29) is 5.97 Å². The van der Waals surface area contributed by atoms with Crippen LogP contribution in [0.3, 0.4) is 0 Å². The van der Waals surface area contributed by atoms with Crippen LogP contribution in [0.2, 0.25) is 19.6 Å². The highest BCUT2D eigenvalue weighted by atomic mass is 28.3. The maximum atomic E-state index is 11.3. The molecule has 0 unspecified atom stereocenters. The highest BCUT2D eigenvalue weighted by Crippen LogP contribution is 2.00. The summed E-state index contributed by atoms with van der Waals surface area (Å²) in [5, 5.41) is 0. The first-order valence-electron chi connectivity index (χ1n) is 4.77. The number of hydrogen-bond donors (Lipinski definition) is 0. The Morgan fingerprint density at radius 3 is 2.36 bits per heavy atom. The number of carbonyl (C=O) groups is 1. The lowest BCUT2D eigenvalue weighted by molar-refractivity contribution is -0.138. The van der Waals surface area contributed by atoms with Gasteiger partial charge >= 0.3 is 5.97 Å². The Morgan fingerprint density at radius 1 is 1.43 bits per heavy atom. The molecule has 2 nitrogen and oxygen atoms in total. The highest BCUT2D eigenvalue weighted by Gasteiger charge is 2.10. The zero-order valence-electron chi connectivity index (χ0n) is 9.60. The summed E-state index contributed by atoms with van der Waals surface area (Å²) in [6, 6.07) is 0. The van der Waals surface area contributed by atoms with Crippen LogP contribution in [0.15, 0.2) is 11.6 Å². The molecule has 0 amide bonds. The van der Waals surface area contributed by atoms with Gasteiger partial charge in [0.1, 0.15) is 13.6 Å². The molecule has 0 heterocycles. The Kier molecular flexibility index (Phi) is 5.25. The van der Waals surface area contributed by atoms with Crippen molar-refractivity contribution in [3.8, 4) is 11.5 Å². The average molecular weight is 210 g/mol. The van der Waals surface area contributed by atoms with Crippen molar-refractivity contribution in [2.24, 2.45) is 0 Å². The fourth-order valence-electron chi connectivity index (χ4n) is 0.705. The maximum absolute atomic E-state index is 11.3. The van der Waals surface area contributed by atoms with Gasteiger partial charge in [-0.1, -0.05) is 31.6 Å². The second-order valence-electron chi connectivity index (χ2n) is 3.92. The van der Waals surface area contributed by atoms with E-state index in [4.69, 9.17) is 4.74 Å². The summed E-state index contributed by atoms with van der Waals surface area (Å²) in [5.41, 5.74) is 3.60. The van der Waals surface area contributed by atoms with Crippen LogP contribution in [-0.2, 0) is 9.53 Å². The van der Waals surface area contributed by atoms with Crippen LogP contribution in [0.25, 0.3) is 0 Å². The predicted octanol–water partition coefficient (Wildman–Crippen LogP) is 2.38. The largest absolute Gasteiger partial charge is 0.462 e. The molecule has 0 aromatic carbocycles. The molecular formula is C11H18O2Si. The van der Waals surface area contributed by atoms with Crippen molar-refractivity contribution < 1.29 is 9.53 Å². The quantitative estimate of drug-likeness (QED) is 0.303. The molecule has 0 saturated carbocycles. The maximum Gasteiger partial charge on any atom is 0.346 e. The molecule has 0 radical (unpaired) electrons. The second-order valence-corrected chi connectivity index (χ2v) is 8.67. The first-order valence-corrected chi connectivity index (χ1v) is 8.27. The van der Waals surface area contributed by atoms with Gasteiger partial charge in [-0.05, 0) is 13.8 Å². The van der Waals surface area contributed by atoms with Gasteiger partial charge in [0.2, 0.25) is 0 Å². The molecule has 0 fully saturated rings. The Morgan fingerprint density at radius 2 is 2.00 bits per heavy atom. The van der Waals surface area contributed by atoms with E-state index in [2.05, 4.69) is 31.1 Å². The van der Waals surface area contributed by atoms with Gasteiger partial charge in [0, 0.05) is 0 Å². The number of carbonyl (C=O) groups excluding carboxylic acids is 1. The summed E-state index contributed by atoms with van der Waals surface area (Å²) in [6.45, 7) is 10.4. The molecule has 3 heteroatoms. The molecule has 14 heavy (non-hydrogen) atoms. The SMILES string of the molecule is C/C=C(/C#C[Si](C)(C)C)C(=O)OCC. The zero-order valence-corrected chi connectivity index (χ0v) is 10.6. The lowest BCUT2D eigenvalue weighted by Gasteiger charge is -2.04. The molecule has 0 bridgehead atoms. The number of allylic oxidation sites excluding steroid dienone is 1. The molecule has 0 rings (SSSR count). The monoisotopic (exact) mass is 210 g/mol. The van der Waals surface area contributed by atoms with E-state index in [0.29, 0.717) is 12.2 Å². The van der Waals surface area contributed by atoms with E-state index < -0.39 is 8.07 Å². The van der Waals surface area contributed by atoms with E-state index in [1.165, 1.54) is 0 Å². The Bertz CT molecular complexity index is 287. The third kappa shape index (κ3) is 5.60. The van der Waals surface area contributed by atoms with Crippen LogP contribution >= 0.6 is 0 Å². The van der Waals surface area contributed by atoms with Gasteiger partial charge in [-0.25, -0.2) is 4.79 Å². The van der Waals surface area contributed by atoms with Gasteiger partial charge in [0.05, 0.1) is 6.61 Å². The lowest BCUT2D eigenvalue weighted by atomic mass is 10.3. The van der Waals surface area contributed by atoms with Crippen molar-refractivity contribution in [1.29, 1.82) is 0 Å². The van der Waals surface area contributed by atoms with Crippen LogP contribution in [0, 0.1) is 11.5 Å². The molecule has 0 atom stereocenters. The molecule has 0 spiro atoms. The van der Waals surface area contributed by atoms with Gasteiger partial charge in [-0.2, -0.15) is 0 Å². The van der Waals surface area contributed by atoms with Crippen molar-refractivity contribution in [3.63, 3.8) is 0 Å². The zero-order chi connectivity index (χ0) is 11.2. The number of ether oxygens (including phenoxy) is 1. The van der Waals surface area contributed by atoms with Crippen molar-refractivity contribution in [2.75, 3.05) is 6.61 Å². The Labute approximate surface area is 87.4 Å². The van der Waals surface area contributed by atoms with Crippen molar-refractivity contribution in [2.45, 2.75) is 33.5 Å². The molecule has 0 N–H and O–H groups in total. The van der Waals surface area contributed by atoms with Crippen LogP contribution in [0.4, 0.5) is 0 Å². The van der Waals surface area contributed by atoms with Gasteiger partial charge in [0.15, 0.2) is 0 Å². The topological polar surface area (TPSA) is 26.3 Å². The molecule has 78 valence electrons. The van der Waals surface area contributed by atoms with Gasteiger partial charge in [0.25, 0.3) is 0 Å². The smallest absolute Gasteiger partial charge is 0.346 e. The fourth-order valence-corrected chi connectivity index (χ4v) is 1.21. The van der Waals surface area contributed by atoms with Crippen molar-refractivity contribution >= 4 is 14.0 Å². The van der Waals surface area contributed by atoms with E-state index in [1.807, 2.05) is 0 Å². The van der Waals surface area contributed by atoms with Crippen LogP contribution in [0.1, 0.15) is 13.8 Å². The summed E-state index contributed by atoms with van der Waals surface area (Å²) in [7, 11) is -1.41. The normalized spacial score (nSPS) is 11.6. The van der Waals surface area contributed by atoms with E-state index in [0.717, 1.165) is 0 Å². The van der Waals surface area contributed by atoms with Crippen LogP contribution < -0.4 is 0 Å². The Hall–Kier alpha value is -1.01. The standard InChI is InChI=1S/C11H18O2Si/c1-6-10(11(12)13-7-2)8-9-14(3,4)5/h6H,7H2,1-5H3/b10-6-. The molecule has 0 aliphatic heterocycles. The fraction of sp³-hybridized carbons (Fsp3) is 0.545. The number of rotatable bonds is 2. The average Bonchev–Trinajstić information content (AvgIpc) is 2.03. The Balaban J connectivity index is 4.60. The summed E-state index contributed by atoms with van der Waals surface area (Å²) >= 11 is 0. The van der Waals surface area contributed by atoms with Gasteiger partial charge in [-0.15, -0.1) is 5.54 Å². The number of esters is 1. The molecule has 0 aromatic rings. The first-order chi connectivity index (χ1) is 6.40. The molecular weight excluding hydrogens is 192 g/mol. The third-order valence-corrected chi connectivity index (χ3v) is 2.23. The molecule has 0 saturated heterocycles. The third-order valence-electron chi connectivity index (χ3n) is 1.36. The minimum Gasteiger partial charge on any atom is -0.462 e. The number of hydrogen-bond acceptors (Lipinski definition) is 2. The highest BCUT2D eigenvalue weighted by molar-refractivity contribution is 6.83. The predicted molar refractivity (Wildman–Crippen MR) is 61.5 cm³/mol. The van der Waals surface area contributed by atoms with E-state index in [9.17, 15) is 4.79 Å². The van der Waals surface area contributed by atoms with Crippen molar-refractivity contribution in [3.05, 3.63) is 11.6 Å². The van der Waals surface area contributed by atoms with E-state index >= 15 is 0 Å². The minimum absolute atomic E-state index is 0.319. The molecule has 0 aliphatic rings. The first kappa shape index (κ1) is 13.0. The van der Waals surface area contributed by atoms with Gasteiger partial charge < -0.3 is 4.74 Å². The summed E-state index contributed by atoms with van der Waals surface area (Å²) in [4.78, 5) is 11.3. The van der Waals surface area contributed by atoms with Crippen LogP contribution in [-0.4, -0.2) is 20.7 Å². The summed E-state index contributed by atoms with van der Waals surface area (Å²) in [6.07, 6.45) is 1.70. The van der Waals surface area contributed by atoms with Gasteiger partial charge in [-0.3, -0.25) is 0 Å². The summed E-state index contributed by atoms with van der Waals surface area (Å²) in [5.74, 6) is 2.57. The molecule has 0 aromatic heterocycles. The second kappa shape index (κ2) is 5.66. The minimum atomic E-state index is -1.41. The van der Waals surface area contributed by atoms with Crippen molar-refractivity contribution in [1.82, 2.24) is 0 Å². The van der Waals surface area contributed by atoms with Crippen LogP contribution in [0.5, 0.6) is 0 Å². The van der Waals surface area contributed by atoms with E-state index in [1.54, 1.807) is 19.9 Å². The summed E-state index contributed by atoms with van der Waals surface area (Å²) < 4.78 is 4.87. The molecule has 0 aliphatic carbocycles.